The van der Waals surface area contributed by atoms with E-state index in [0.29, 0.717) is 6.54 Å². The molecular weight excluding hydrogens is 202 g/mol. The highest BCUT2D eigenvalue weighted by molar-refractivity contribution is 5.78. The minimum Gasteiger partial charge on any atom is -0.357 e. The summed E-state index contributed by atoms with van der Waals surface area (Å²) in [6, 6.07) is 2.01. The SMILES string of the molecule is CCNCC(C)C(=O)NCc1ccn(C)c1. The molecule has 0 spiro atoms. The van der Waals surface area contributed by atoms with Gasteiger partial charge in [-0.2, -0.15) is 0 Å². The first-order valence-corrected chi connectivity index (χ1v) is 5.72. The summed E-state index contributed by atoms with van der Waals surface area (Å²) >= 11 is 0. The van der Waals surface area contributed by atoms with Crippen molar-refractivity contribution < 1.29 is 4.79 Å². The van der Waals surface area contributed by atoms with E-state index in [1.165, 1.54) is 0 Å². The molecule has 1 atom stereocenters. The van der Waals surface area contributed by atoms with Gasteiger partial charge < -0.3 is 15.2 Å². The van der Waals surface area contributed by atoms with E-state index < -0.39 is 0 Å². The molecule has 16 heavy (non-hydrogen) atoms. The quantitative estimate of drug-likeness (QED) is 0.752. The van der Waals surface area contributed by atoms with Crippen molar-refractivity contribution >= 4 is 5.91 Å². The maximum absolute atomic E-state index is 11.7. The Balaban J connectivity index is 2.29. The largest absolute Gasteiger partial charge is 0.357 e. The number of hydrogen-bond acceptors (Lipinski definition) is 2. The van der Waals surface area contributed by atoms with Crippen LogP contribution in [0, 0.1) is 5.92 Å². The fourth-order valence-electron chi connectivity index (χ4n) is 1.48. The van der Waals surface area contributed by atoms with E-state index in [1.54, 1.807) is 0 Å². The van der Waals surface area contributed by atoms with E-state index in [0.717, 1.165) is 18.7 Å². The fourth-order valence-corrected chi connectivity index (χ4v) is 1.48. The van der Waals surface area contributed by atoms with Crippen molar-refractivity contribution in [3.63, 3.8) is 0 Å². The van der Waals surface area contributed by atoms with Gasteiger partial charge in [0.15, 0.2) is 0 Å². The molecule has 0 saturated heterocycles. The molecule has 0 aliphatic rings. The summed E-state index contributed by atoms with van der Waals surface area (Å²) in [5, 5.41) is 6.09. The van der Waals surface area contributed by atoms with Crippen LogP contribution in [0.15, 0.2) is 18.5 Å². The van der Waals surface area contributed by atoms with Crippen LogP contribution < -0.4 is 10.6 Å². The first kappa shape index (κ1) is 12.8. The molecule has 90 valence electrons. The smallest absolute Gasteiger partial charge is 0.224 e. The molecule has 4 nitrogen and oxygen atoms in total. The van der Waals surface area contributed by atoms with Gasteiger partial charge in [-0.05, 0) is 18.2 Å². The fraction of sp³-hybridized carbons (Fsp3) is 0.583. The van der Waals surface area contributed by atoms with Gasteiger partial charge in [-0.3, -0.25) is 4.79 Å². The molecule has 0 aromatic carbocycles. The number of hydrogen-bond donors (Lipinski definition) is 2. The van der Waals surface area contributed by atoms with Crippen molar-refractivity contribution in [1.82, 2.24) is 15.2 Å². The highest BCUT2D eigenvalue weighted by atomic mass is 16.1. The highest BCUT2D eigenvalue weighted by Crippen LogP contribution is 2.00. The summed E-state index contributed by atoms with van der Waals surface area (Å²) in [6.45, 7) is 6.21. The lowest BCUT2D eigenvalue weighted by Gasteiger charge is -2.11. The number of amides is 1. The van der Waals surface area contributed by atoms with Gasteiger partial charge in [0.05, 0.1) is 0 Å². The summed E-state index contributed by atoms with van der Waals surface area (Å²) in [4.78, 5) is 11.7. The van der Waals surface area contributed by atoms with Gasteiger partial charge in [0, 0.05) is 38.4 Å². The minimum atomic E-state index is 0.0173. The van der Waals surface area contributed by atoms with Crippen LogP contribution in [0.5, 0.6) is 0 Å². The van der Waals surface area contributed by atoms with Gasteiger partial charge in [0.2, 0.25) is 5.91 Å². The van der Waals surface area contributed by atoms with Gasteiger partial charge in [0.25, 0.3) is 0 Å². The molecule has 1 rings (SSSR count). The molecule has 0 aliphatic heterocycles. The van der Waals surface area contributed by atoms with Gasteiger partial charge in [0.1, 0.15) is 0 Å². The van der Waals surface area contributed by atoms with E-state index in [4.69, 9.17) is 0 Å². The van der Waals surface area contributed by atoms with E-state index >= 15 is 0 Å². The Hall–Kier alpha value is -1.29. The number of nitrogens with one attached hydrogen (secondary N) is 2. The Morgan fingerprint density at radius 1 is 1.56 bits per heavy atom. The van der Waals surface area contributed by atoms with Gasteiger partial charge in [-0.15, -0.1) is 0 Å². The maximum Gasteiger partial charge on any atom is 0.224 e. The Morgan fingerprint density at radius 2 is 2.31 bits per heavy atom. The Morgan fingerprint density at radius 3 is 2.88 bits per heavy atom. The molecule has 1 aromatic heterocycles. The highest BCUT2D eigenvalue weighted by Gasteiger charge is 2.11. The number of aryl methyl sites for hydroxylation is 1. The third-order valence-electron chi connectivity index (χ3n) is 2.51. The molecule has 1 heterocycles. The molecule has 0 radical (unpaired) electrons. The van der Waals surface area contributed by atoms with Crippen LogP contribution in [0.1, 0.15) is 19.4 Å². The topological polar surface area (TPSA) is 46.1 Å². The third kappa shape index (κ3) is 4.06. The lowest BCUT2D eigenvalue weighted by Crippen LogP contribution is -2.34. The second-order valence-corrected chi connectivity index (χ2v) is 4.11. The van der Waals surface area contributed by atoms with Crippen LogP contribution >= 0.6 is 0 Å². The molecule has 0 aliphatic carbocycles. The molecule has 4 heteroatoms. The monoisotopic (exact) mass is 223 g/mol. The molecule has 1 amide bonds. The van der Waals surface area contributed by atoms with Gasteiger partial charge in [-0.1, -0.05) is 13.8 Å². The van der Waals surface area contributed by atoms with Crippen LogP contribution in [0.3, 0.4) is 0 Å². The zero-order valence-corrected chi connectivity index (χ0v) is 10.3. The average Bonchev–Trinajstić information content (AvgIpc) is 2.68. The average molecular weight is 223 g/mol. The summed E-state index contributed by atoms with van der Waals surface area (Å²) in [5.41, 5.74) is 1.13. The first-order chi connectivity index (χ1) is 7.63. The molecule has 0 bridgehead atoms. The van der Waals surface area contributed by atoms with Crippen molar-refractivity contribution in [2.24, 2.45) is 13.0 Å². The Labute approximate surface area is 97.0 Å². The molecule has 2 N–H and O–H groups in total. The van der Waals surface area contributed by atoms with E-state index in [2.05, 4.69) is 10.6 Å². The molecule has 0 saturated carbocycles. The zero-order valence-electron chi connectivity index (χ0n) is 10.3. The summed E-state index contributed by atoms with van der Waals surface area (Å²) in [5.74, 6) is 0.119. The summed E-state index contributed by atoms with van der Waals surface area (Å²) in [7, 11) is 1.97. The number of nitrogens with zero attached hydrogens (tertiary/aromatic N) is 1. The van der Waals surface area contributed by atoms with Crippen LogP contribution in [0.2, 0.25) is 0 Å². The van der Waals surface area contributed by atoms with E-state index in [9.17, 15) is 4.79 Å². The van der Waals surface area contributed by atoms with E-state index in [1.807, 2.05) is 43.9 Å². The van der Waals surface area contributed by atoms with Crippen LogP contribution in [0.4, 0.5) is 0 Å². The number of carbonyl (C=O) groups is 1. The molecular formula is C12H21N3O. The standard InChI is InChI=1S/C12H21N3O/c1-4-13-7-10(2)12(16)14-8-11-5-6-15(3)9-11/h5-6,9-10,13H,4,7-8H2,1-3H3,(H,14,16). The van der Waals surface area contributed by atoms with Crippen molar-refractivity contribution in [3.8, 4) is 0 Å². The van der Waals surface area contributed by atoms with Crippen LogP contribution in [0.25, 0.3) is 0 Å². The lowest BCUT2D eigenvalue weighted by molar-refractivity contribution is -0.124. The maximum atomic E-state index is 11.7. The van der Waals surface area contributed by atoms with Crippen LogP contribution in [-0.2, 0) is 18.4 Å². The third-order valence-corrected chi connectivity index (χ3v) is 2.51. The van der Waals surface area contributed by atoms with Gasteiger partial charge >= 0.3 is 0 Å². The molecule has 0 fully saturated rings. The predicted molar refractivity (Wildman–Crippen MR) is 65.0 cm³/mol. The predicted octanol–water partition coefficient (Wildman–Crippen LogP) is 0.887. The number of carbonyl (C=O) groups excluding carboxylic acids is 1. The second kappa shape index (κ2) is 6.33. The zero-order chi connectivity index (χ0) is 12.0. The first-order valence-electron chi connectivity index (χ1n) is 5.72. The van der Waals surface area contributed by atoms with Crippen molar-refractivity contribution in [2.75, 3.05) is 13.1 Å². The van der Waals surface area contributed by atoms with E-state index in [-0.39, 0.29) is 11.8 Å². The van der Waals surface area contributed by atoms with Crippen molar-refractivity contribution in [3.05, 3.63) is 24.0 Å². The molecule has 1 aromatic rings. The molecule has 1 unspecified atom stereocenters. The van der Waals surface area contributed by atoms with Crippen molar-refractivity contribution in [1.29, 1.82) is 0 Å². The lowest BCUT2D eigenvalue weighted by atomic mass is 10.1. The summed E-state index contributed by atoms with van der Waals surface area (Å²) in [6.07, 6.45) is 3.98. The van der Waals surface area contributed by atoms with Gasteiger partial charge in [-0.25, -0.2) is 0 Å². The van der Waals surface area contributed by atoms with Crippen LogP contribution in [-0.4, -0.2) is 23.6 Å². The summed E-state index contributed by atoms with van der Waals surface area (Å²) < 4.78 is 1.98. The Kier molecular flexibility index (Phi) is 5.05. The minimum absolute atomic E-state index is 0.0173. The van der Waals surface area contributed by atoms with Crippen molar-refractivity contribution in [2.45, 2.75) is 20.4 Å². The number of rotatable bonds is 6. The number of aromatic nitrogens is 1. The normalized spacial score (nSPS) is 12.4. The second-order valence-electron chi connectivity index (χ2n) is 4.11. The Bertz CT molecular complexity index is 333.